The molecule has 2 heterocycles. The summed E-state index contributed by atoms with van der Waals surface area (Å²) >= 11 is 0. The molecule has 8 aromatic carbocycles. The van der Waals surface area contributed by atoms with Crippen molar-refractivity contribution in [2.45, 2.75) is 13.3 Å². The highest BCUT2D eigenvalue weighted by molar-refractivity contribution is 6.31. The van der Waals surface area contributed by atoms with Gasteiger partial charge in [-0.2, -0.15) is 0 Å². The van der Waals surface area contributed by atoms with Gasteiger partial charge in [0.25, 0.3) is 0 Å². The molecule has 0 aliphatic carbocycles. The van der Waals surface area contributed by atoms with E-state index in [-0.39, 0.29) is 0 Å². The molecular weight excluding hydrogens is 613 g/mol. The second kappa shape index (κ2) is 11.1. The van der Waals surface area contributed by atoms with Crippen molar-refractivity contribution in [3.05, 3.63) is 151 Å². The van der Waals surface area contributed by atoms with Gasteiger partial charge < -0.3 is 13.6 Å². The predicted octanol–water partition coefficient (Wildman–Crippen LogP) is 13.3. The lowest BCUT2D eigenvalue weighted by Gasteiger charge is -2.20. The maximum absolute atomic E-state index is 6.59. The monoisotopic (exact) mass is 644 g/mol. The third-order valence-corrected chi connectivity index (χ3v) is 10.4. The topological polar surface area (TPSA) is 35.5 Å². The highest BCUT2D eigenvalue weighted by atomic mass is 16.5. The fraction of sp³-hybridized carbons (Fsp3) is 0.0638. The molecule has 0 saturated heterocycles. The van der Waals surface area contributed by atoms with Crippen LogP contribution in [-0.2, 0) is 6.42 Å². The second-order valence-corrected chi connectivity index (χ2v) is 13.1. The molecule has 0 spiro atoms. The molecule has 0 amide bonds. The van der Waals surface area contributed by atoms with Crippen molar-refractivity contribution in [3.8, 4) is 50.7 Å². The molecule has 0 bridgehead atoms. The van der Waals surface area contributed by atoms with Gasteiger partial charge in [0.2, 0.25) is 0 Å². The molecule has 0 aliphatic heterocycles. The van der Waals surface area contributed by atoms with E-state index in [2.05, 4.69) is 116 Å². The van der Waals surface area contributed by atoms with Crippen molar-refractivity contribution < 1.29 is 13.6 Å². The minimum absolute atomic E-state index is 0.832. The highest BCUT2D eigenvalue weighted by Crippen LogP contribution is 2.49. The van der Waals surface area contributed by atoms with Gasteiger partial charge in [0, 0.05) is 21.9 Å². The molecule has 3 heteroatoms. The quantitative estimate of drug-likeness (QED) is 0.169. The molecule has 50 heavy (non-hydrogen) atoms. The van der Waals surface area contributed by atoms with Gasteiger partial charge in [0.05, 0.1) is 7.11 Å². The smallest absolute Gasteiger partial charge is 0.136 e. The lowest BCUT2D eigenvalue weighted by atomic mass is 9.83. The molecule has 0 saturated carbocycles. The molecular formula is C47H32O3. The van der Waals surface area contributed by atoms with Crippen molar-refractivity contribution in [2.75, 3.05) is 7.11 Å². The SMILES string of the molecule is CCc1ccc(-c2cc(-c3cc4ccccc4o3)c3ccc4c(-c5ccc(OC)cc5)cc(-c5cc6ccccc6o5)c5ccc2c3c45)cc1. The van der Waals surface area contributed by atoms with Gasteiger partial charge in [-0.1, -0.05) is 104 Å². The third kappa shape index (κ3) is 4.37. The number of para-hydroxylation sites is 2. The van der Waals surface area contributed by atoms with E-state index in [4.69, 9.17) is 13.6 Å². The number of hydrogen-bond acceptors (Lipinski definition) is 3. The van der Waals surface area contributed by atoms with Crippen LogP contribution in [0.2, 0.25) is 0 Å². The van der Waals surface area contributed by atoms with E-state index in [9.17, 15) is 0 Å². The standard InChI is InChI=1S/C47H32O3/c1-3-28-12-14-29(15-13-28)38-26-40(44-24-31-8-4-6-10-42(31)49-44)36-23-21-35-39(30-16-18-33(48-2)19-17-30)27-41(37-22-20-34(38)46(36)47(35)37)45-25-32-9-5-7-11-43(32)50-45/h4-27H,3H2,1-2H3. The summed E-state index contributed by atoms with van der Waals surface area (Å²) in [6.07, 6.45) is 1.00. The largest absolute Gasteiger partial charge is 0.497 e. The van der Waals surface area contributed by atoms with Crippen LogP contribution in [0.5, 0.6) is 5.75 Å². The Labute approximate surface area is 289 Å². The number of fused-ring (bicyclic) bond motifs is 2. The van der Waals surface area contributed by atoms with Crippen molar-refractivity contribution in [1.82, 2.24) is 0 Å². The van der Waals surface area contributed by atoms with Crippen molar-refractivity contribution >= 4 is 54.3 Å². The van der Waals surface area contributed by atoms with Crippen LogP contribution in [0, 0.1) is 0 Å². The van der Waals surface area contributed by atoms with Gasteiger partial charge in [-0.05, 0) is 115 Å². The van der Waals surface area contributed by atoms with Crippen LogP contribution in [0.15, 0.2) is 154 Å². The first-order valence-corrected chi connectivity index (χ1v) is 17.2. The van der Waals surface area contributed by atoms with Gasteiger partial charge in [0.1, 0.15) is 28.4 Å². The van der Waals surface area contributed by atoms with E-state index < -0.39 is 0 Å². The van der Waals surface area contributed by atoms with E-state index in [1.54, 1.807) is 7.11 Å². The Bertz CT molecular complexity index is 2600. The normalized spacial score (nSPS) is 11.9. The number of aryl methyl sites for hydroxylation is 1. The minimum atomic E-state index is 0.832. The average Bonchev–Trinajstić information content (AvgIpc) is 3.81. The molecule has 3 nitrogen and oxygen atoms in total. The third-order valence-electron chi connectivity index (χ3n) is 10.4. The number of furan rings is 2. The predicted molar refractivity (Wildman–Crippen MR) is 207 cm³/mol. The van der Waals surface area contributed by atoms with E-state index in [1.807, 2.05) is 36.4 Å². The molecule has 0 aliphatic rings. The van der Waals surface area contributed by atoms with Crippen molar-refractivity contribution in [3.63, 3.8) is 0 Å². The van der Waals surface area contributed by atoms with Gasteiger partial charge >= 0.3 is 0 Å². The molecule has 238 valence electrons. The van der Waals surface area contributed by atoms with Gasteiger partial charge in [0.15, 0.2) is 0 Å². The van der Waals surface area contributed by atoms with Crippen molar-refractivity contribution in [2.24, 2.45) is 0 Å². The minimum Gasteiger partial charge on any atom is -0.497 e. The van der Waals surface area contributed by atoms with Gasteiger partial charge in [-0.25, -0.2) is 0 Å². The van der Waals surface area contributed by atoms with E-state index in [0.717, 1.165) is 78.7 Å². The highest BCUT2D eigenvalue weighted by Gasteiger charge is 2.23. The zero-order valence-electron chi connectivity index (χ0n) is 27.8. The molecule has 10 rings (SSSR count). The summed E-state index contributed by atoms with van der Waals surface area (Å²) in [5.74, 6) is 2.55. The summed E-state index contributed by atoms with van der Waals surface area (Å²) in [4.78, 5) is 0. The van der Waals surface area contributed by atoms with Crippen LogP contribution in [0.4, 0.5) is 0 Å². The number of benzene rings is 8. The fourth-order valence-corrected chi connectivity index (χ4v) is 7.80. The zero-order valence-corrected chi connectivity index (χ0v) is 27.8. The van der Waals surface area contributed by atoms with Gasteiger partial charge in [-0.15, -0.1) is 0 Å². The summed E-state index contributed by atoms with van der Waals surface area (Å²) in [6.45, 7) is 2.20. The first-order chi connectivity index (χ1) is 24.7. The van der Waals surface area contributed by atoms with Gasteiger partial charge in [-0.3, -0.25) is 0 Å². The molecule has 2 aromatic heterocycles. The Morgan fingerprint density at radius 1 is 0.460 bits per heavy atom. The molecule has 0 fully saturated rings. The average molecular weight is 645 g/mol. The van der Waals surface area contributed by atoms with Crippen LogP contribution in [0.1, 0.15) is 12.5 Å². The number of ether oxygens (including phenoxy) is 1. The Balaban J connectivity index is 1.36. The van der Waals surface area contributed by atoms with Crippen molar-refractivity contribution in [1.29, 1.82) is 0 Å². The molecule has 10 aromatic rings. The number of hydrogen-bond donors (Lipinski definition) is 0. The van der Waals surface area contributed by atoms with Crippen LogP contribution < -0.4 is 4.74 Å². The van der Waals surface area contributed by atoms with E-state index in [0.29, 0.717) is 0 Å². The van der Waals surface area contributed by atoms with Crippen LogP contribution in [0.3, 0.4) is 0 Å². The number of rotatable bonds is 6. The molecule has 0 atom stereocenters. The lowest BCUT2D eigenvalue weighted by Crippen LogP contribution is -1.94. The Hall–Kier alpha value is -6.32. The molecule has 0 radical (unpaired) electrons. The molecule has 0 N–H and O–H groups in total. The first-order valence-electron chi connectivity index (χ1n) is 17.2. The maximum Gasteiger partial charge on any atom is 0.136 e. The lowest BCUT2D eigenvalue weighted by molar-refractivity contribution is 0.415. The summed E-state index contributed by atoms with van der Waals surface area (Å²) in [5, 5.41) is 9.34. The Kier molecular flexibility index (Phi) is 6.37. The zero-order chi connectivity index (χ0) is 33.3. The Morgan fingerprint density at radius 2 is 0.900 bits per heavy atom. The fourth-order valence-electron chi connectivity index (χ4n) is 7.80. The summed E-state index contributed by atoms with van der Waals surface area (Å²) < 4.78 is 18.7. The van der Waals surface area contributed by atoms with E-state index in [1.165, 1.54) is 38.2 Å². The summed E-state index contributed by atoms with van der Waals surface area (Å²) in [6, 6.07) is 52.0. The summed E-state index contributed by atoms with van der Waals surface area (Å²) in [5.41, 5.74) is 9.87. The number of methoxy groups -OCH3 is 1. The van der Waals surface area contributed by atoms with Crippen LogP contribution >= 0.6 is 0 Å². The van der Waals surface area contributed by atoms with Crippen LogP contribution in [-0.4, -0.2) is 7.11 Å². The summed E-state index contributed by atoms with van der Waals surface area (Å²) in [7, 11) is 1.71. The van der Waals surface area contributed by atoms with Crippen LogP contribution in [0.25, 0.3) is 99.2 Å². The second-order valence-electron chi connectivity index (χ2n) is 13.1. The van der Waals surface area contributed by atoms with E-state index >= 15 is 0 Å². The Morgan fingerprint density at radius 3 is 1.34 bits per heavy atom. The first kappa shape index (κ1) is 28.7. The maximum atomic E-state index is 6.59. The molecule has 0 unspecified atom stereocenters.